The summed E-state index contributed by atoms with van der Waals surface area (Å²) in [6.07, 6.45) is 8.65. The summed E-state index contributed by atoms with van der Waals surface area (Å²) in [5, 5.41) is 2.22. The van der Waals surface area contributed by atoms with Crippen molar-refractivity contribution in [3.05, 3.63) is 0 Å². The van der Waals surface area contributed by atoms with Crippen LogP contribution < -0.4 is 5.43 Å². The number of hydrogen-bond acceptors (Lipinski definition) is 3. The van der Waals surface area contributed by atoms with Gasteiger partial charge in [-0.3, -0.25) is 10.2 Å². The third kappa shape index (κ3) is 6.38. The Morgan fingerprint density at radius 2 is 1.81 bits per heavy atom. The molecule has 0 radical (unpaired) electrons. The molecule has 1 aliphatic rings. The van der Waals surface area contributed by atoms with Gasteiger partial charge in [-0.25, -0.2) is 5.01 Å². The normalized spacial score (nSPS) is 18.8. The van der Waals surface area contributed by atoms with Crippen LogP contribution in [0.4, 0.5) is 4.79 Å². The SMILES string of the molecule is CCCCSC(=O)NN1CCCCCCC1. The van der Waals surface area contributed by atoms with Crippen LogP contribution in [-0.2, 0) is 0 Å². The summed E-state index contributed by atoms with van der Waals surface area (Å²) in [7, 11) is 0. The first-order valence-corrected chi connectivity index (χ1v) is 7.50. The zero-order chi connectivity index (χ0) is 11.6. The summed E-state index contributed by atoms with van der Waals surface area (Å²) >= 11 is 1.41. The van der Waals surface area contributed by atoms with Crippen molar-refractivity contribution in [1.29, 1.82) is 0 Å². The van der Waals surface area contributed by atoms with Crippen LogP contribution in [-0.4, -0.2) is 29.1 Å². The highest BCUT2D eigenvalue weighted by Gasteiger charge is 2.10. The maximum atomic E-state index is 11.6. The van der Waals surface area contributed by atoms with Crippen LogP contribution in [0, 0.1) is 0 Å². The van der Waals surface area contributed by atoms with Crippen LogP contribution in [0.1, 0.15) is 51.9 Å². The molecule has 3 nitrogen and oxygen atoms in total. The van der Waals surface area contributed by atoms with Gasteiger partial charge >= 0.3 is 0 Å². The summed E-state index contributed by atoms with van der Waals surface area (Å²) in [6.45, 7) is 4.18. The number of nitrogens with zero attached hydrogens (tertiary/aromatic N) is 1. The van der Waals surface area contributed by atoms with Crippen LogP contribution >= 0.6 is 11.8 Å². The minimum absolute atomic E-state index is 0.119. The lowest BCUT2D eigenvalue weighted by Gasteiger charge is -2.24. The van der Waals surface area contributed by atoms with Gasteiger partial charge in [0.25, 0.3) is 5.24 Å². The van der Waals surface area contributed by atoms with E-state index in [0.29, 0.717) is 0 Å². The lowest BCUT2D eigenvalue weighted by atomic mass is 10.1. The molecule has 1 N–H and O–H groups in total. The molecule has 16 heavy (non-hydrogen) atoms. The second kappa shape index (κ2) is 8.88. The second-order valence-electron chi connectivity index (χ2n) is 4.36. The molecule has 1 heterocycles. The Balaban J connectivity index is 2.14. The van der Waals surface area contributed by atoms with Crippen LogP contribution in [0.5, 0.6) is 0 Å². The van der Waals surface area contributed by atoms with Gasteiger partial charge in [0.15, 0.2) is 0 Å². The first-order valence-electron chi connectivity index (χ1n) is 6.51. The second-order valence-corrected chi connectivity index (χ2v) is 5.42. The summed E-state index contributed by atoms with van der Waals surface area (Å²) < 4.78 is 0. The van der Waals surface area contributed by atoms with E-state index < -0.39 is 0 Å². The zero-order valence-corrected chi connectivity index (χ0v) is 11.2. The van der Waals surface area contributed by atoms with Crippen LogP contribution in [0.15, 0.2) is 0 Å². The highest BCUT2D eigenvalue weighted by Crippen LogP contribution is 2.10. The van der Waals surface area contributed by atoms with Crippen LogP contribution in [0.3, 0.4) is 0 Å². The number of amides is 1. The van der Waals surface area contributed by atoms with Gasteiger partial charge in [0, 0.05) is 18.8 Å². The number of unbranched alkanes of at least 4 members (excludes halogenated alkanes) is 1. The van der Waals surface area contributed by atoms with Crippen molar-refractivity contribution < 1.29 is 4.79 Å². The van der Waals surface area contributed by atoms with E-state index in [1.54, 1.807) is 0 Å². The molecular formula is C12H24N2OS. The molecule has 1 rings (SSSR count). The molecule has 0 aromatic rings. The van der Waals surface area contributed by atoms with E-state index in [-0.39, 0.29) is 5.24 Å². The number of hydrogen-bond donors (Lipinski definition) is 1. The van der Waals surface area contributed by atoms with Crippen molar-refractivity contribution in [3.63, 3.8) is 0 Å². The van der Waals surface area contributed by atoms with Gasteiger partial charge in [-0.15, -0.1) is 0 Å². The number of nitrogens with one attached hydrogen (secondary N) is 1. The number of thioether (sulfide) groups is 1. The maximum absolute atomic E-state index is 11.6. The van der Waals surface area contributed by atoms with Crippen molar-refractivity contribution >= 4 is 17.0 Å². The van der Waals surface area contributed by atoms with Gasteiger partial charge in [-0.05, 0) is 19.3 Å². The first-order chi connectivity index (χ1) is 7.83. The molecule has 4 heteroatoms. The zero-order valence-electron chi connectivity index (χ0n) is 10.3. The highest BCUT2D eigenvalue weighted by molar-refractivity contribution is 8.13. The van der Waals surface area contributed by atoms with E-state index in [4.69, 9.17) is 0 Å². The molecule has 1 amide bonds. The van der Waals surface area contributed by atoms with E-state index in [1.165, 1.54) is 43.9 Å². The number of carbonyl (C=O) groups is 1. The average molecular weight is 244 g/mol. The molecule has 1 fully saturated rings. The fourth-order valence-corrected chi connectivity index (χ4v) is 2.64. The maximum Gasteiger partial charge on any atom is 0.293 e. The summed E-state index contributed by atoms with van der Waals surface area (Å²) in [5.41, 5.74) is 3.00. The molecule has 0 aromatic heterocycles. The van der Waals surface area contributed by atoms with Gasteiger partial charge in [-0.2, -0.15) is 0 Å². The molecule has 94 valence electrons. The fourth-order valence-electron chi connectivity index (χ4n) is 1.83. The van der Waals surface area contributed by atoms with E-state index in [9.17, 15) is 4.79 Å². The largest absolute Gasteiger partial charge is 0.293 e. The monoisotopic (exact) mass is 244 g/mol. The third-order valence-corrected chi connectivity index (χ3v) is 3.68. The molecule has 1 saturated heterocycles. The Morgan fingerprint density at radius 3 is 2.44 bits per heavy atom. The van der Waals surface area contributed by atoms with E-state index in [0.717, 1.165) is 31.7 Å². The lowest BCUT2D eigenvalue weighted by molar-refractivity contribution is 0.180. The van der Waals surface area contributed by atoms with Crippen molar-refractivity contribution in [2.45, 2.75) is 51.9 Å². The number of carbonyl (C=O) groups excluding carboxylic acids is 1. The summed E-state index contributed by atoms with van der Waals surface area (Å²) in [5.74, 6) is 0.941. The minimum atomic E-state index is 0.119. The molecule has 0 spiro atoms. The molecule has 1 aliphatic heterocycles. The third-order valence-electron chi connectivity index (χ3n) is 2.84. The van der Waals surface area contributed by atoms with Crippen molar-refractivity contribution in [2.75, 3.05) is 18.8 Å². The predicted octanol–water partition coefficient (Wildman–Crippen LogP) is 3.41. The molecule has 0 aromatic carbocycles. The Bertz CT molecular complexity index is 191. The smallest absolute Gasteiger partial charge is 0.280 e. The molecular weight excluding hydrogens is 220 g/mol. The molecule has 0 atom stereocenters. The van der Waals surface area contributed by atoms with Gasteiger partial charge in [-0.1, -0.05) is 44.4 Å². The number of hydrazine groups is 1. The molecule has 0 saturated carbocycles. The van der Waals surface area contributed by atoms with Crippen molar-refractivity contribution in [2.24, 2.45) is 0 Å². The Kier molecular flexibility index (Phi) is 7.68. The van der Waals surface area contributed by atoms with E-state index in [2.05, 4.69) is 17.4 Å². The van der Waals surface area contributed by atoms with Gasteiger partial charge in [0.1, 0.15) is 0 Å². The summed E-state index contributed by atoms with van der Waals surface area (Å²) in [4.78, 5) is 11.6. The number of rotatable bonds is 4. The minimum Gasteiger partial charge on any atom is -0.280 e. The van der Waals surface area contributed by atoms with Gasteiger partial charge in [0.2, 0.25) is 0 Å². The fraction of sp³-hybridized carbons (Fsp3) is 0.917. The van der Waals surface area contributed by atoms with Crippen LogP contribution in [0.25, 0.3) is 0 Å². The van der Waals surface area contributed by atoms with Crippen molar-refractivity contribution in [3.8, 4) is 0 Å². The van der Waals surface area contributed by atoms with Crippen LogP contribution in [0.2, 0.25) is 0 Å². The Morgan fingerprint density at radius 1 is 1.19 bits per heavy atom. The lowest BCUT2D eigenvalue weighted by Crippen LogP contribution is -2.42. The molecule has 0 unspecified atom stereocenters. The topological polar surface area (TPSA) is 32.3 Å². The highest BCUT2D eigenvalue weighted by atomic mass is 32.2. The average Bonchev–Trinajstić information content (AvgIpc) is 2.22. The summed E-state index contributed by atoms with van der Waals surface area (Å²) in [6, 6.07) is 0. The molecule has 0 aliphatic carbocycles. The molecule has 0 bridgehead atoms. The van der Waals surface area contributed by atoms with Gasteiger partial charge in [0.05, 0.1) is 0 Å². The Hall–Kier alpha value is -0.220. The van der Waals surface area contributed by atoms with Gasteiger partial charge < -0.3 is 0 Å². The predicted molar refractivity (Wildman–Crippen MR) is 70.6 cm³/mol. The quantitative estimate of drug-likeness (QED) is 0.769. The first kappa shape index (κ1) is 13.8. The van der Waals surface area contributed by atoms with E-state index >= 15 is 0 Å². The Labute approximate surface area is 103 Å². The van der Waals surface area contributed by atoms with Crippen molar-refractivity contribution in [1.82, 2.24) is 10.4 Å². The standard InChI is InChI=1S/C12H24N2OS/c1-2-3-11-16-12(15)13-14-9-7-5-4-6-8-10-14/h2-11H2,1H3,(H,13,15). The van der Waals surface area contributed by atoms with E-state index in [1.807, 2.05) is 0 Å².